The summed E-state index contributed by atoms with van der Waals surface area (Å²) in [5.41, 5.74) is 4.29. The first kappa shape index (κ1) is 9.75. The molecule has 2 heterocycles. The van der Waals surface area contributed by atoms with E-state index in [1.165, 1.54) is 29.5 Å². The van der Waals surface area contributed by atoms with Gasteiger partial charge < -0.3 is 0 Å². The topological polar surface area (TPSA) is 12.0 Å². The molecule has 1 aromatic carbocycles. The summed E-state index contributed by atoms with van der Waals surface area (Å²) in [5.74, 6) is 0. The quantitative estimate of drug-likeness (QED) is 0.645. The fraction of sp³-hybridized carbons (Fsp3) is 0.333. The van der Waals surface area contributed by atoms with Gasteiger partial charge in [-0.05, 0) is 24.0 Å². The Labute approximate surface area is 90.6 Å². The molecule has 2 aliphatic rings. The van der Waals surface area contributed by atoms with Gasteiger partial charge in [-0.25, -0.2) is 0 Å². The SMILES string of the molecule is C=C1CCC2NC1c1ccccc12.Cl. The van der Waals surface area contributed by atoms with E-state index in [4.69, 9.17) is 0 Å². The Kier molecular flexibility index (Phi) is 2.38. The predicted octanol–water partition coefficient (Wildman–Crippen LogP) is 3.14. The van der Waals surface area contributed by atoms with Crippen molar-refractivity contribution in [1.82, 2.24) is 5.32 Å². The third-order valence-corrected chi connectivity index (χ3v) is 3.21. The van der Waals surface area contributed by atoms with E-state index in [1.807, 2.05) is 0 Å². The predicted molar refractivity (Wildman–Crippen MR) is 60.7 cm³/mol. The Morgan fingerprint density at radius 2 is 1.93 bits per heavy atom. The fourth-order valence-corrected chi connectivity index (χ4v) is 2.52. The van der Waals surface area contributed by atoms with Crippen LogP contribution in [-0.2, 0) is 0 Å². The summed E-state index contributed by atoms with van der Waals surface area (Å²) in [4.78, 5) is 0. The van der Waals surface area contributed by atoms with Crippen molar-refractivity contribution in [2.45, 2.75) is 24.9 Å². The van der Waals surface area contributed by atoms with Gasteiger partial charge in [0.2, 0.25) is 0 Å². The molecule has 1 N–H and O–H groups in total. The highest BCUT2D eigenvalue weighted by molar-refractivity contribution is 5.85. The lowest BCUT2D eigenvalue weighted by molar-refractivity contribution is 0.445. The molecule has 0 aliphatic carbocycles. The number of fused-ring (bicyclic) bond motifs is 5. The Balaban J connectivity index is 0.000000750. The van der Waals surface area contributed by atoms with Gasteiger partial charge in [0.05, 0.1) is 6.04 Å². The van der Waals surface area contributed by atoms with Crippen LogP contribution in [0.25, 0.3) is 0 Å². The maximum atomic E-state index is 4.13. The van der Waals surface area contributed by atoms with Crippen molar-refractivity contribution in [3.63, 3.8) is 0 Å². The van der Waals surface area contributed by atoms with Gasteiger partial charge in [0.25, 0.3) is 0 Å². The summed E-state index contributed by atoms with van der Waals surface area (Å²) in [7, 11) is 0. The molecule has 14 heavy (non-hydrogen) atoms. The van der Waals surface area contributed by atoms with Gasteiger partial charge in [0.1, 0.15) is 0 Å². The molecule has 3 rings (SSSR count). The van der Waals surface area contributed by atoms with Crippen LogP contribution in [0.5, 0.6) is 0 Å². The van der Waals surface area contributed by atoms with Crippen LogP contribution in [0.1, 0.15) is 36.1 Å². The third kappa shape index (κ3) is 1.20. The Morgan fingerprint density at radius 3 is 2.71 bits per heavy atom. The molecule has 2 atom stereocenters. The van der Waals surface area contributed by atoms with Gasteiger partial charge >= 0.3 is 0 Å². The van der Waals surface area contributed by atoms with Crippen molar-refractivity contribution in [3.05, 3.63) is 47.5 Å². The summed E-state index contributed by atoms with van der Waals surface area (Å²) < 4.78 is 0. The number of piperidine rings is 1. The second-order valence-electron chi connectivity index (χ2n) is 3.98. The number of hydrogen-bond acceptors (Lipinski definition) is 1. The maximum Gasteiger partial charge on any atom is 0.0541 e. The first-order valence-electron chi connectivity index (χ1n) is 4.89. The molecule has 0 radical (unpaired) electrons. The fourth-order valence-electron chi connectivity index (χ4n) is 2.52. The second kappa shape index (κ2) is 3.41. The Hall–Kier alpha value is -0.790. The third-order valence-electron chi connectivity index (χ3n) is 3.21. The van der Waals surface area contributed by atoms with E-state index in [-0.39, 0.29) is 12.4 Å². The van der Waals surface area contributed by atoms with E-state index in [9.17, 15) is 0 Å². The summed E-state index contributed by atoms with van der Waals surface area (Å²) >= 11 is 0. The van der Waals surface area contributed by atoms with Gasteiger partial charge in [-0.15, -0.1) is 12.4 Å². The first-order chi connectivity index (χ1) is 6.36. The largest absolute Gasteiger partial charge is 0.300 e. The zero-order valence-corrected chi connectivity index (χ0v) is 8.81. The molecule has 2 heteroatoms. The van der Waals surface area contributed by atoms with Crippen molar-refractivity contribution in [1.29, 1.82) is 0 Å². The van der Waals surface area contributed by atoms with Crippen LogP contribution < -0.4 is 5.32 Å². The summed E-state index contributed by atoms with van der Waals surface area (Å²) in [6, 6.07) is 9.75. The van der Waals surface area contributed by atoms with Crippen LogP contribution in [0.15, 0.2) is 36.4 Å². The van der Waals surface area contributed by atoms with Crippen LogP contribution in [0.2, 0.25) is 0 Å². The zero-order valence-electron chi connectivity index (χ0n) is 7.99. The highest BCUT2D eigenvalue weighted by atomic mass is 35.5. The van der Waals surface area contributed by atoms with Gasteiger partial charge in [0.15, 0.2) is 0 Å². The lowest BCUT2D eigenvalue weighted by Crippen LogP contribution is -2.23. The molecular formula is C12H14ClN. The van der Waals surface area contributed by atoms with Crippen LogP contribution in [0.4, 0.5) is 0 Å². The second-order valence-corrected chi connectivity index (χ2v) is 3.98. The molecule has 0 aromatic heterocycles. The average molecular weight is 208 g/mol. The molecule has 74 valence electrons. The lowest BCUT2D eigenvalue weighted by Gasteiger charge is -2.23. The molecule has 2 bridgehead atoms. The molecule has 0 saturated carbocycles. The standard InChI is InChI=1S/C12H13N.ClH/c1-8-6-7-11-9-4-2-3-5-10(9)12(8)13-11;/h2-5,11-13H,1,6-7H2;1H. The normalized spacial score (nSPS) is 28.1. The molecule has 1 fully saturated rings. The molecule has 2 unspecified atom stereocenters. The van der Waals surface area contributed by atoms with E-state index < -0.39 is 0 Å². The van der Waals surface area contributed by atoms with Crippen LogP contribution in [0.3, 0.4) is 0 Å². The first-order valence-corrected chi connectivity index (χ1v) is 4.89. The van der Waals surface area contributed by atoms with Crippen molar-refractivity contribution >= 4 is 12.4 Å². The minimum absolute atomic E-state index is 0. The number of halogens is 1. The Morgan fingerprint density at radius 1 is 1.21 bits per heavy atom. The van der Waals surface area contributed by atoms with E-state index >= 15 is 0 Å². The van der Waals surface area contributed by atoms with E-state index in [1.54, 1.807) is 0 Å². The van der Waals surface area contributed by atoms with Gasteiger partial charge in [-0.3, -0.25) is 5.32 Å². The monoisotopic (exact) mass is 207 g/mol. The van der Waals surface area contributed by atoms with Gasteiger partial charge in [-0.1, -0.05) is 36.4 Å². The van der Waals surface area contributed by atoms with Gasteiger partial charge in [0, 0.05) is 6.04 Å². The number of hydrogen-bond donors (Lipinski definition) is 1. The minimum atomic E-state index is 0. The summed E-state index contributed by atoms with van der Waals surface area (Å²) in [5, 5.41) is 3.61. The maximum absolute atomic E-state index is 4.13. The highest BCUT2D eigenvalue weighted by Crippen LogP contribution is 2.44. The van der Waals surface area contributed by atoms with Crippen molar-refractivity contribution < 1.29 is 0 Å². The molecule has 1 saturated heterocycles. The van der Waals surface area contributed by atoms with Crippen molar-refractivity contribution in [2.24, 2.45) is 0 Å². The molecular weight excluding hydrogens is 194 g/mol. The van der Waals surface area contributed by atoms with Crippen LogP contribution in [0, 0.1) is 0 Å². The molecule has 1 nitrogen and oxygen atoms in total. The summed E-state index contributed by atoms with van der Waals surface area (Å²) in [6.45, 7) is 4.13. The molecule has 1 aromatic rings. The number of benzene rings is 1. The van der Waals surface area contributed by atoms with E-state index in [2.05, 4.69) is 36.2 Å². The van der Waals surface area contributed by atoms with E-state index in [0.29, 0.717) is 12.1 Å². The van der Waals surface area contributed by atoms with Gasteiger partial charge in [-0.2, -0.15) is 0 Å². The smallest absolute Gasteiger partial charge is 0.0541 e. The number of rotatable bonds is 0. The van der Waals surface area contributed by atoms with Crippen LogP contribution in [-0.4, -0.2) is 0 Å². The van der Waals surface area contributed by atoms with E-state index in [0.717, 1.165) is 0 Å². The van der Waals surface area contributed by atoms with Crippen molar-refractivity contribution in [2.75, 3.05) is 0 Å². The Bertz CT molecular complexity index is 372. The zero-order chi connectivity index (χ0) is 8.84. The molecule has 2 aliphatic heterocycles. The molecule has 0 amide bonds. The number of nitrogens with one attached hydrogen (secondary N) is 1. The van der Waals surface area contributed by atoms with Crippen molar-refractivity contribution in [3.8, 4) is 0 Å². The van der Waals surface area contributed by atoms with Crippen LogP contribution >= 0.6 is 12.4 Å². The lowest BCUT2D eigenvalue weighted by atomic mass is 9.98. The summed E-state index contributed by atoms with van der Waals surface area (Å²) in [6.07, 6.45) is 2.39. The average Bonchev–Trinajstić information content (AvgIpc) is 2.48. The highest BCUT2D eigenvalue weighted by Gasteiger charge is 2.34. The molecule has 0 spiro atoms. The minimum Gasteiger partial charge on any atom is -0.300 e.